The van der Waals surface area contributed by atoms with Crippen LogP contribution in [-0.4, -0.2) is 42.3 Å². The first kappa shape index (κ1) is 19.9. The molecule has 2 aromatic carbocycles. The van der Waals surface area contributed by atoms with Crippen LogP contribution < -0.4 is 10.6 Å². The molecule has 0 spiro atoms. The predicted molar refractivity (Wildman–Crippen MR) is 110 cm³/mol. The number of hydrogen-bond donors (Lipinski definition) is 3. The maximum absolute atomic E-state index is 12.2. The Morgan fingerprint density at radius 2 is 1.67 bits per heavy atom. The SMILES string of the molecule is C[C@H](NC(=O)OCC1c2ccccc2-c2ccccc21)C(=O)NC[C@H]1C[C@H]1C(=O)O. The molecule has 0 saturated heterocycles. The van der Waals surface area contributed by atoms with Gasteiger partial charge < -0.3 is 20.5 Å². The van der Waals surface area contributed by atoms with E-state index in [4.69, 9.17) is 9.84 Å². The number of hydrogen-bond acceptors (Lipinski definition) is 4. The summed E-state index contributed by atoms with van der Waals surface area (Å²) in [5.41, 5.74) is 4.54. The lowest BCUT2D eigenvalue weighted by atomic mass is 9.98. The zero-order valence-electron chi connectivity index (χ0n) is 16.6. The smallest absolute Gasteiger partial charge is 0.407 e. The molecule has 1 saturated carbocycles. The number of carbonyl (C=O) groups excluding carboxylic acids is 2. The molecule has 0 radical (unpaired) electrons. The average Bonchev–Trinajstić information content (AvgIpc) is 3.46. The van der Waals surface area contributed by atoms with Gasteiger partial charge in [-0.1, -0.05) is 48.5 Å². The van der Waals surface area contributed by atoms with Crippen LogP contribution in [0.25, 0.3) is 11.1 Å². The first-order chi connectivity index (χ1) is 14.5. The summed E-state index contributed by atoms with van der Waals surface area (Å²) >= 11 is 0. The van der Waals surface area contributed by atoms with Crippen LogP contribution in [0.15, 0.2) is 48.5 Å². The Bertz CT molecular complexity index is 944. The lowest BCUT2D eigenvalue weighted by Crippen LogP contribution is -2.45. The van der Waals surface area contributed by atoms with E-state index in [0.717, 1.165) is 22.3 Å². The summed E-state index contributed by atoms with van der Waals surface area (Å²) in [6, 6.07) is 15.4. The molecule has 2 amide bonds. The predicted octanol–water partition coefficient (Wildman–Crippen LogP) is 2.75. The fourth-order valence-corrected chi connectivity index (χ4v) is 4.04. The summed E-state index contributed by atoms with van der Waals surface area (Å²) in [5, 5.41) is 14.1. The van der Waals surface area contributed by atoms with Gasteiger partial charge in [-0.2, -0.15) is 0 Å². The maximum atomic E-state index is 12.2. The number of benzene rings is 2. The van der Waals surface area contributed by atoms with E-state index in [-0.39, 0.29) is 30.3 Å². The van der Waals surface area contributed by atoms with Gasteiger partial charge in [0.25, 0.3) is 0 Å². The third kappa shape index (κ3) is 4.01. The van der Waals surface area contributed by atoms with E-state index in [0.29, 0.717) is 13.0 Å². The molecule has 7 heteroatoms. The Balaban J connectivity index is 1.29. The number of carbonyl (C=O) groups is 3. The molecule has 0 bridgehead atoms. The van der Waals surface area contributed by atoms with Gasteiger partial charge in [0.1, 0.15) is 12.6 Å². The van der Waals surface area contributed by atoms with Crippen LogP contribution >= 0.6 is 0 Å². The number of nitrogens with one attached hydrogen (secondary N) is 2. The van der Waals surface area contributed by atoms with E-state index in [2.05, 4.69) is 22.8 Å². The lowest BCUT2D eigenvalue weighted by Gasteiger charge is -2.17. The Hall–Kier alpha value is -3.35. The van der Waals surface area contributed by atoms with Gasteiger partial charge >= 0.3 is 12.1 Å². The van der Waals surface area contributed by atoms with Gasteiger partial charge in [-0.25, -0.2) is 4.79 Å². The fourth-order valence-electron chi connectivity index (χ4n) is 4.04. The summed E-state index contributed by atoms with van der Waals surface area (Å²) in [6.45, 7) is 2.04. The molecule has 3 N–H and O–H groups in total. The van der Waals surface area contributed by atoms with Gasteiger partial charge in [-0.15, -0.1) is 0 Å². The molecule has 0 unspecified atom stereocenters. The topological polar surface area (TPSA) is 105 Å². The molecule has 3 atom stereocenters. The van der Waals surface area contributed by atoms with Crippen molar-refractivity contribution in [3.8, 4) is 11.1 Å². The van der Waals surface area contributed by atoms with Gasteiger partial charge in [0.15, 0.2) is 0 Å². The van der Waals surface area contributed by atoms with Crippen LogP contribution in [0.3, 0.4) is 0 Å². The first-order valence-corrected chi connectivity index (χ1v) is 10.1. The molecule has 0 aliphatic heterocycles. The highest BCUT2D eigenvalue weighted by Gasteiger charge is 2.43. The van der Waals surface area contributed by atoms with Crippen molar-refractivity contribution in [1.29, 1.82) is 0 Å². The van der Waals surface area contributed by atoms with Crippen molar-refractivity contribution >= 4 is 18.0 Å². The molecule has 2 aromatic rings. The van der Waals surface area contributed by atoms with Crippen molar-refractivity contribution < 1.29 is 24.2 Å². The minimum atomic E-state index is -0.834. The van der Waals surface area contributed by atoms with E-state index in [1.165, 1.54) is 0 Å². The van der Waals surface area contributed by atoms with E-state index in [1.807, 2.05) is 36.4 Å². The zero-order valence-corrected chi connectivity index (χ0v) is 16.6. The van der Waals surface area contributed by atoms with Gasteiger partial charge in [0, 0.05) is 12.5 Å². The summed E-state index contributed by atoms with van der Waals surface area (Å²) in [7, 11) is 0. The lowest BCUT2D eigenvalue weighted by molar-refractivity contribution is -0.139. The fraction of sp³-hybridized carbons (Fsp3) is 0.348. The minimum Gasteiger partial charge on any atom is -0.481 e. The van der Waals surface area contributed by atoms with Gasteiger partial charge in [-0.05, 0) is 41.5 Å². The average molecular weight is 408 g/mol. The molecule has 0 aromatic heterocycles. The summed E-state index contributed by atoms with van der Waals surface area (Å²) < 4.78 is 5.44. The summed E-state index contributed by atoms with van der Waals surface area (Å²) in [4.78, 5) is 35.2. The highest BCUT2D eigenvalue weighted by molar-refractivity contribution is 5.85. The highest BCUT2D eigenvalue weighted by Crippen LogP contribution is 2.44. The molecular weight excluding hydrogens is 384 g/mol. The molecule has 30 heavy (non-hydrogen) atoms. The molecule has 156 valence electrons. The molecule has 4 rings (SSSR count). The number of amides is 2. The minimum absolute atomic E-state index is 0.0342. The van der Waals surface area contributed by atoms with Crippen LogP contribution in [0.4, 0.5) is 4.79 Å². The van der Waals surface area contributed by atoms with Crippen molar-refractivity contribution in [2.45, 2.75) is 25.3 Å². The van der Waals surface area contributed by atoms with Crippen molar-refractivity contribution in [3.05, 3.63) is 59.7 Å². The van der Waals surface area contributed by atoms with Crippen LogP contribution in [0.5, 0.6) is 0 Å². The second-order valence-electron chi connectivity index (χ2n) is 7.88. The van der Waals surface area contributed by atoms with Crippen molar-refractivity contribution in [1.82, 2.24) is 10.6 Å². The van der Waals surface area contributed by atoms with E-state index in [9.17, 15) is 14.4 Å². The maximum Gasteiger partial charge on any atom is 0.407 e. The van der Waals surface area contributed by atoms with Crippen LogP contribution in [0.2, 0.25) is 0 Å². The van der Waals surface area contributed by atoms with E-state index < -0.39 is 18.1 Å². The monoisotopic (exact) mass is 408 g/mol. The standard InChI is InChI=1S/C23H24N2O5/c1-13(21(26)24-11-14-10-19(14)22(27)28)25-23(29)30-12-20-17-8-4-2-6-15(17)16-7-3-5-9-18(16)20/h2-9,13-14,19-20H,10-12H2,1H3,(H,24,26)(H,25,29)(H,27,28)/t13-,14+,19+/m0/s1. The van der Waals surface area contributed by atoms with E-state index in [1.54, 1.807) is 6.92 Å². The second kappa shape index (κ2) is 8.18. The number of aliphatic carboxylic acids is 1. The Kier molecular flexibility index (Phi) is 5.44. The normalized spacial score (nSPS) is 19.9. The highest BCUT2D eigenvalue weighted by atomic mass is 16.5. The summed E-state index contributed by atoms with van der Waals surface area (Å²) in [6.07, 6.45) is -0.0848. The number of carboxylic acid groups (broad SMARTS) is 1. The molecule has 0 heterocycles. The Morgan fingerprint density at radius 3 is 2.23 bits per heavy atom. The third-order valence-electron chi connectivity index (χ3n) is 5.85. The van der Waals surface area contributed by atoms with Gasteiger partial charge in [0.2, 0.25) is 5.91 Å². The van der Waals surface area contributed by atoms with Crippen molar-refractivity contribution in [3.63, 3.8) is 0 Å². The van der Waals surface area contributed by atoms with Crippen molar-refractivity contribution in [2.75, 3.05) is 13.2 Å². The van der Waals surface area contributed by atoms with Crippen LogP contribution in [0, 0.1) is 11.8 Å². The number of alkyl carbamates (subject to hydrolysis) is 1. The first-order valence-electron chi connectivity index (χ1n) is 10.1. The Morgan fingerprint density at radius 1 is 1.07 bits per heavy atom. The summed E-state index contributed by atoms with van der Waals surface area (Å²) in [5.74, 6) is -1.66. The molecule has 2 aliphatic carbocycles. The van der Waals surface area contributed by atoms with Crippen LogP contribution in [0.1, 0.15) is 30.4 Å². The number of carboxylic acids is 1. The molecule has 7 nitrogen and oxygen atoms in total. The number of fused-ring (bicyclic) bond motifs is 3. The van der Waals surface area contributed by atoms with Gasteiger partial charge in [0.05, 0.1) is 5.92 Å². The van der Waals surface area contributed by atoms with Crippen molar-refractivity contribution in [2.24, 2.45) is 11.8 Å². The Labute approximate surface area is 174 Å². The molecular formula is C23H24N2O5. The van der Waals surface area contributed by atoms with Gasteiger partial charge in [-0.3, -0.25) is 9.59 Å². The largest absolute Gasteiger partial charge is 0.481 e. The number of ether oxygens (including phenoxy) is 1. The van der Waals surface area contributed by atoms with E-state index >= 15 is 0 Å². The molecule has 1 fully saturated rings. The quantitative estimate of drug-likeness (QED) is 0.653. The third-order valence-corrected chi connectivity index (χ3v) is 5.85. The molecule has 2 aliphatic rings. The second-order valence-corrected chi connectivity index (χ2v) is 7.88. The van der Waals surface area contributed by atoms with Crippen LogP contribution in [-0.2, 0) is 14.3 Å². The number of rotatable bonds is 7. The zero-order chi connectivity index (χ0) is 21.3.